The van der Waals surface area contributed by atoms with Crippen molar-refractivity contribution in [1.82, 2.24) is 15.0 Å². The molecule has 0 radical (unpaired) electrons. The SMILES string of the molecule is Cc1cc(Nc2nccc(OCCO)n2)cc(-c2cnc(CCC(N)=O)s2)c1. The molecule has 3 aromatic rings. The molecule has 28 heavy (non-hydrogen) atoms. The normalized spacial score (nSPS) is 10.6. The Labute approximate surface area is 166 Å². The first-order chi connectivity index (χ1) is 13.5. The van der Waals surface area contributed by atoms with E-state index in [1.807, 2.05) is 19.1 Å². The van der Waals surface area contributed by atoms with Crippen LogP contribution in [0.25, 0.3) is 10.4 Å². The van der Waals surface area contributed by atoms with Gasteiger partial charge in [-0.2, -0.15) is 4.98 Å². The molecule has 0 saturated carbocycles. The molecule has 2 aromatic heterocycles. The van der Waals surface area contributed by atoms with Gasteiger partial charge < -0.3 is 20.9 Å². The highest BCUT2D eigenvalue weighted by molar-refractivity contribution is 7.15. The zero-order valence-corrected chi connectivity index (χ0v) is 16.2. The van der Waals surface area contributed by atoms with Crippen molar-refractivity contribution in [2.45, 2.75) is 19.8 Å². The van der Waals surface area contributed by atoms with E-state index in [1.165, 1.54) is 0 Å². The van der Waals surface area contributed by atoms with E-state index in [0.717, 1.165) is 26.7 Å². The number of aliphatic hydroxyl groups is 1. The molecule has 0 bridgehead atoms. The molecule has 1 aromatic carbocycles. The third-order valence-electron chi connectivity index (χ3n) is 3.73. The summed E-state index contributed by atoms with van der Waals surface area (Å²) in [5.41, 5.74) is 8.12. The Morgan fingerprint density at radius 3 is 2.96 bits per heavy atom. The summed E-state index contributed by atoms with van der Waals surface area (Å²) >= 11 is 1.54. The molecule has 0 unspecified atom stereocenters. The van der Waals surface area contributed by atoms with Gasteiger partial charge in [-0.1, -0.05) is 6.07 Å². The van der Waals surface area contributed by atoms with Crippen molar-refractivity contribution in [1.29, 1.82) is 0 Å². The second-order valence-corrected chi connectivity index (χ2v) is 7.20. The predicted octanol–water partition coefficient (Wildman–Crippen LogP) is 2.44. The van der Waals surface area contributed by atoms with Crippen molar-refractivity contribution in [3.05, 3.63) is 47.2 Å². The number of benzene rings is 1. The number of aromatic nitrogens is 3. The summed E-state index contributed by atoms with van der Waals surface area (Å²) in [5.74, 6) is 0.461. The van der Waals surface area contributed by atoms with Crippen LogP contribution in [0.2, 0.25) is 0 Å². The standard InChI is InChI=1S/C19H21N5O3S/c1-12-8-13(15-11-22-18(28-15)3-2-16(20)26)10-14(9-12)23-19-21-5-4-17(24-19)27-7-6-25/h4-5,8-11,25H,2-3,6-7H2,1H3,(H2,20,26)(H,21,23,24). The number of rotatable bonds is 9. The molecule has 0 fully saturated rings. The first-order valence-electron chi connectivity index (χ1n) is 8.72. The molecule has 3 rings (SSSR count). The minimum atomic E-state index is -0.330. The Bertz CT molecular complexity index is 960. The van der Waals surface area contributed by atoms with Crippen LogP contribution in [0.4, 0.5) is 11.6 Å². The molecule has 0 aliphatic heterocycles. The van der Waals surface area contributed by atoms with Crippen molar-refractivity contribution in [2.24, 2.45) is 5.73 Å². The number of primary amides is 1. The molecule has 2 heterocycles. The first-order valence-corrected chi connectivity index (χ1v) is 9.54. The topological polar surface area (TPSA) is 123 Å². The van der Waals surface area contributed by atoms with Crippen molar-refractivity contribution in [2.75, 3.05) is 18.5 Å². The Morgan fingerprint density at radius 1 is 1.32 bits per heavy atom. The van der Waals surface area contributed by atoms with Crippen LogP contribution in [0.3, 0.4) is 0 Å². The summed E-state index contributed by atoms with van der Waals surface area (Å²) in [6, 6.07) is 7.68. The zero-order valence-electron chi connectivity index (χ0n) is 15.4. The summed E-state index contributed by atoms with van der Waals surface area (Å²) in [7, 11) is 0. The summed E-state index contributed by atoms with van der Waals surface area (Å²) in [5, 5.41) is 12.9. The largest absolute Gasteiger partial charge is 0.475 e. The number of ether oxygens (including phenoxy) is 1. The van der Waals surface area contributed by atoms with E-state index in [0.29, 0.717) is 24.7 Å². The van der Waals surface area contributed by atoms with E-state index in [-0.39, 0.29) is 19.1 Å². The van der Waals surface area contributed by atoms with Crippen molar-refractivity contribution < 1.29 is 14.6 Å². The number of anilines is 2. The number of carbonyl (C=O) groups is 1. The average molecular weight is 399 g/mol. The number of aryl methyl sites for hydroxylation is 2. The third kappa shape index (κ3) is 5.48. The molecule has 8 nitrogen and oxygen atoms in total. The Hall–Kier alpha value is -3.04. The summed E-state index contributed by atoms with van der Waals surface area (Å²) < 4.78 is 5.31. The maximum atomic E-state index is 11.0. The molecular formula is C19H21N5O3S. The number of nitrogens with one attached hydrogen (secondary N) is 1. The zero-order chi connectivity index (χ0) is 19.9. The average Bonchev–Trinajstić information content (AvgIpc) is 3.14. The van der Waals surface area contributed by atoms with Gasteiger partial charge in [-0.25, -0.2) is 9.97 Å². The minimum Gasteiger partial charge on any atom is -0.475 e. The summed E-state index contributed by atoms with van der Waals surface area (Å²) in [4.78, 5) is 24.8. The van der Waals surface area contributed by atoms with E-state index < -0.39 is 0 Å². The fraction of sp³-hybridized carbons (Fsp3) is 0.263. The lowest BCUT2D eigenvalue weighted by molar-refractivity contribution is -0.117. The molecule has 1 amide bonds. The molecule has 4 N–H and O–H groups in total. The number of nitrogens with zero attached hydrogens (tertiary/aromatic N) is 3. The van der Waals surface area contributed by atoms with E-state index in [4.69, 9.17) is 15.6 Å². The van der Waals surface area contributed by atoms with Crippen LogP contribution in [0, 0.1) is 6.92 Å². The smallest absolute Gasteiger partial charge is 0.230 e. The van der Waals surface area contributed by atoms with Crippen LogP contribution < -0.4 is 15.8 Å². The second kappa shape index (κ2) is 9.25. The molecule has 0 saturated heterocycles. The van der Waals surface area contributed by atoms with Crippen LogP contribution in [0.1, 0.15) is 17.0 Å². The molecular weight excluding hydrogens is 378 g/mol. The van der Waals surface area contributed by atoms with Crippen LogP contribution in [0.5, 0.6) is 5.88 Å². The number of amides is 1. The van der Waals surface area contributed by atoms with Crippen LogP contribution >= 0.6 is 11.3 Å². The Kier molecular flexibility index (Phi) is 6.51. The Morgan fingerprint density at radius 2 is 2.18 bits per heavy atom. The van der Waals surface area contributed by atoms with E-state index in [9.17, 15) is 4.79 Å². The highest BCUT2D eigenvalue weighted by Crippen LogP contribution is 2.30. The van der Waals surface area contributed by atoms with Crippen molar-refractivity contribution in [3.63, 3.8) is 0 Å². The van der Waals surface area contributed by atoms with E-state index in [2.05, 4.69) is 26.3 Å². The van der Waals surface area contributed by atoms with E-state index in [1.54, 1.807) is 29.8 Å². The summed E-state index contributed by atoms with van der Waals surface area (Å²) in [6.45, 7) is 2.10. The van der Waals surface area contributed by atoms with Crippen LogP contribution in [-0.4, -0.2) is 39.2 Å². The number of carbonyl (C=O) groups excluding carboxylic acids is 1. The molecule has 0 aliphatic carbocycles. The van der Waals surface area contributed by atoms with Crippen LogP contribution in [0.15, 0.2) is 36.7 Å². The van der Waals surface area contributed by atoms with Crippen molar-refractivity contribution >= 4 is 28.9 Å². The number of thiazole rings is 1. The van der Waals surface area contributed by atoms with Crippen LogP contribution in [-0.2, 0) is 11.2 Å². The number of nitrogens with two attached hydrogens (primary N) is 1. The molecule has 146 valence electrons. The quantitative estimate of drug-likeness (QED) is 0.505. The fourth-order valence-electron chi connectivity index (χ4n) is 2.55. The third-order valence-corrected chi connectivity index (χ3v) is 4.83. The molecule has 0 atom stereocenters. The first kappa shape index (κ1) is 19.7. The molecule has 0 aliphatic rings. The van der Waals surface area contributed by atoms with Crippen molar-refractivity contribution in [3.8, 4) is 16.3 Å². The van der Waals surface area contributed by atoms with Gasteiger partial charge in [0.15, 0.2) is 0 Å². The van der Waals surface area contributed by atoms with Gasteiger partial charge >= 0.3 is 0 Å². The van der Waals surface area contributed by atoms with Gasteiger partial charge in [-0.3, -0.25) is 4.79 Å². The lowest BCUT2D eigenvalue weighted by atomic mass is 10.1. The number of aliphatic hydroxyl groups excluding tert-OH is 1. The van der Waals surface area contributed by atoms with Gasteiger partial charge in [0, 0.05) is 37.0 Å². The molecule has 9 heteroatoms. The lowest BCUT2D eigenvalue weighted by Gasteiger charge is -2.09. The lowest BCUT2D eigenvalue weighted by Crippen LogP contribution is -2.10. The monoisotopic (exact) mass is 399 g/mol. The van der Waals surface area contributed by atoms with Gasteiger partial charge in [0.1, 0.15) is 6.61 Å². The minimum absolute atomic E-state index is 0.0791. The van der Waals surface area contributed by atoms with Gasteiger partial charge in [0.05, 0.1) is 16.5 Å². The van der Waals surface area contributed by atoms with Gasteiger partial charge in [0.25, 0.3) is 0 Å². The van der Waals surface area contributed by atoms with Gasteiger partial charge in [0.2, 0.25) is 17.7 Å². The maximum absolute atomic E-state index is 11.0. The highest BCUT2D eigenvalue weighted by atomic mass is 32.1. The summed E-state index contributed by atoms with van der Waals surface area (Å²) in [6.07, 6.45) is 4.23. The predicted molar refractivity (Wildman–Crippen MR) is 108 cm³/mol. The highest BCUT2D eigenvalue weighted by Gasteiger charge is 2.09. The number of hydrogen-bond acceptors (Lipinski definition) is 8. The second-order valence-electron chi connectivity index (χ2n) is 6.09. The number of hydrogen-bond donors (Lipinski definition) is 3. The molecule has 0 spiro atoms. The Balaban J connectivity index is 1.77. The fourth-order valence-corrected chi connectivity index (χ4v) is 3.45. The van der Waals surface area contributed by atoms with Gasteiger partial charge in [-0.15, -0.1) is 11.3 Å². The van der Waals surface area contributed by atoms with E-state index >= 15 is 0 Å². The maximum Gasteiger partial charge on any atom is 0.230 e. The van der Waals surface area contributed by atoms with Gasteiger partial charge in [-0.05, 0) is 30.2 Å².